The maximum atomic E-state index is 12.8. The molecular weight excluding hydrogens is 288 g/mol. The largest absolute Gasteiger partial charge is 0.493 e. The number of hydrogen-bond acceptors (Lipinski definition) is 2. The van der Waals surface area contributed by atoms with E-state index in [1.54, 1.807) is 0 Å². The first-order valence-electron chi connectivity index (χ1n) is 8.20. The molecule has 0 saturated heterocycles. The molecule has 1 aromatic carbocycles. The number of amides is 1. The second kappa shape index (κ2) is 6.11. The van der Waals surface area contributed by atoms with Crippen molar-refractivity contribution in [3.8, 4) is 5.75 Å². The van der Waals surface area contributed by atoms with Crippen LogP contribution in [-0.2, 0) is 0 Å². The van der Waals surface area contributed by atoms with Crippen LogP contribution >= 0.6 is 0 Å². The van der Waals surface area contributed by atoms with Crippen molar-refractivity contribution in [3.63, 3.8) is 0 Å². The van der Waals surface area contributed by atoms with Crippen molar-refractivity contribution in [3.05, 3.63) is 52.8 Å². The minimum atomic E-state index is -0.00768. The zero-order chi connectivity index (χ0) is 16.6. The fraction of sp³-hybridized carbons (Fsp3) is 0.421. The summed E-state index contributed by atoms with van der Waals surface area (Å²) in [5.74, 6) is 0.864. The van der Waals surface area contributed by atoms with E-state index in [0.717, 1.165) is 34.7 Å². The Morgan fingerprint density at radius 3 is 2.74 bits per heavy atom. The third kappa shape index (κ3) is 2.85. The molecule has 1 amide bonds. The molecule has 4 nitrogen and oxygen atoms in total. The lowest BCUT2D eigenvalue weighted by molar-refractivity contribution is 0.0924. The van der Waals surface area contributed by atoms with Crippen molar-refractivity contribution in [2.75, 3.05) is 6.61 Å². The minimum absolute atomic E-state index is 0.00768. The first kappa shape index (κ1) is 15.7. The van der Waals surface area contributed by atoms with Gasteiger partial charge in [0.2, 0.25) is 0 Å². The summed E-state index contributed by atoms with van der Waals surface area (Å²) in [6.45, 7) is 8.97. The van der Waals surface area contributed by atoms with Gasteiger partial charge in [-0.1, -0.05) is 18.2 Å². The SMILES string of the molecule is Cc1cc(C(=O)N[C@@H]2CCOc3ccccc32)c(C)n1C(C)C. The third-order valence-corrected chi connectivity index (χ3v) is 4.51. The van der Waals surface area contributed by atoms with E-state index < -0.39 is 0 Å². The third-order valence-electron chi connectivity index (χ3n) is 4.51. The first-order valence-corrected chi connectivity index (χ1v) is 8.20. The Morgan fingerprint density at radius 2 is 2.04 bits per heavy atom. The van der Waals surface area contributed by atoms with Crippen LogP contribution < -0.4 is 10.1 Å². The van der Waals surface area contributed by atoms with Crippen molar-refractivity contribution in [2.24, 2.45) is 0 Å². The van der Waals surface area contributed by atoms with Crippen LogP contribution in [-0.4, -0.2) is 17.1 Å². The van der Waals surface area contributed by atoms with Gasteiger partial charge >= 0.3 is 0 Å². The molecule has 23 heavy (non-hydrogen) atoms. The summed E-state index contributed by atoms with van der Waals surface area (Å²) >= 11 is 0. The van der Waals surface area contributed by atoms with E-state index in [1.807, 2.05) is 44.2 Å². The van der Waals surface area contributed by atoms with Crippen molar-refractivity contribution in [1.29, 1.82) is 0 Å². The zero-order valence-corrected chi connectivity index (χ0v) is 14.2. The van der Waals surface area contributed by atoms with Gasteiger partial charge in [0.05, 0.1) is 18.2 Å². The number of carbonyl (C=O) groups excluding carboxylic acids is 1. The van der Waals surface area contributed by atoms with Crippen LogP contribution in [0.2, 0.25) is 0 Å². The molecule has 0 radical (unpaired) electrons. The molecule has 0 fully saturated rings. The number of nitrogens with one attached hydrogen (secondary N) is 1. The second-order valence-corrected chi connectivity index (χ2v) is 6.45. The molecule has 1 aromatic heterocycles. The number of fused-ring (bicyclic) bond motifs is 1. The van der Waals surface area contributed by atoms with E-state index in [0.29, 0.717) is 12.6 Å². The number of nitrogens with zero attached hydrogens (tertiary/aromatic N) is 1. The van der Waals surface area contributed by atoms with Gasteiger partial charge in [0.15, 0.2) is 0 Å². The van der Waals surface area contributed by atoms with Crippen LogP contribution in [0.4, 0.5) is 0 Å². The number of benzene rings is 1. The average molecular weight is 312 g/mol. The predicted octanol–water partition coefficient (Wildman–Crippen LogP) is 3.94. The Balaban J connectivity index is 1.85. The molecule has 0 spiro atoms. The van der Waals surface area contributed by atoms with Gasteiger partial charge in [-0.15, -0.1) is 0 Å². The molecule has 0 bridgehead atoms. The van der Waals surface area contributed by atoms with Crippen molar-refractivity contribution in [2.45, 2.75) is 46.2 Å². The Bertz CT molecular complexity index is 731. The van der Waals surface area contributed by atoms with Gasteiger partial charge in [-0.05, 0) is 39.8 Å². The lowest BCUT2D eigenvalue weighted by Crippen LogP contribution is -2.32. The fourth-order valence-electron chi connectivity index (χ4n) is 3.53. The van der Waals surface area contributed by atoms with Crippen LogP contribution in [0.5, 0.6) is 5.75 Å². The summed E-state index contributed by atoms with van der Waals surface area (Å²) in [7, 11) is 0. The topological polar surface area (TPSA) is 43.3 Å². The van der Waals surface area contributed by atoms with Gasteiger partial charge < -0.3 is 14.6 Å². The van der Waals surface area contributed by atoms with Gasteiger partial charge in [0, 0.05) is 29.4 Å². The molecule has 1 N–H and O–H groups in total. The molecule has 1 aliphatic rings. The number of aromatic nitrogens is 1. The Hall–Kier alpha value is -2.23. The Morgan fingerprint density at radius 1 is 1.30 bits per heavy atom. The molecule has 0 saturated carbocycles. The van der Waals surface area contributed by atoms with Crippen LogP contribution in [0.3, 0.4) is 0 Å². The molecule has 1 aliphatic heterocycles. The van der Waals surface area contributed by atoms with Crippen LogP contribution in [0.1, 0.15) is 59.7 Å². The quantitative estimate of drug-likeness (QED) is 0.933. The molecule has 122 valence electrons. The van der Waals surface area contributed by atoms with Gasteiger partial charge in [-0.25, -0.2) is 0 Å². The second-order valence-electron chi connectivity index (χ2n) is 6.45. The van der Waals surface area contributed by atoms with E-state index in [-0.39, 0.29) is 11.9 Å². The number of hydrogen-bond donors (Lipinski definition) is 1. The normalized spacial score (nSPS) is 16.8. The molecule has 0 unspecified atom stereocenters. The molecular formula is C19H24N2O2. The lowest BCUT2D eigenvalue weighted by Gasteiger charge is -2.26. The standard InChI is InChI=1S/C19H24N2O2/c1-12(2)21-13(3)11-16(14(21)4)19(22)20-17-9-10-23-18-8-6-5-7-15(17)18/h5-8,11-12,17H,9-10H2,1-4H3,(H,20,22)/t17-/m1/s1. The Labute approximate surface area is 137 Å². The smallest absolute Gasteiger partial charge is 0.253 e. The van der Waals surface area contributed by atoms with Gasteiger partial charge in [-0.2, -0.15) is 0 Å². The number of carbonyl (C=O) groups is 1. The van der Waals surface area contributed by atoms with Crippen molar-refractivity contribution < 1.29 is 9.53 Å². The number of rotatable bonds is 3. The average Bonchev–Trinajstić information content (AvgIpc) is 2.82. The van der Waals surface area contributed by atoms with Crippen molar-refractivity contribution in [1.82, 2.24) is 9.88 Å². The summed E-state index contributed by atoms with van der Waals surface area (Å²) in [4.78, 5) is 12.8. The monoisotopic (exact) mass is 312 g/mol. The van der Waals surface area contributed by atoms with Crippen LogP contribution in [0.25, 0.3) is 0 Å². The predicted molar refractivity (Wildman–Crippen MR) is 91.1 cm³/mol. The van der Waals surface area contributed by atoms with E-state index in [9.17, 15) is 4.79 Å². The highest BCUT2D eigenvalue weighted by atomic mass is 16.5. The first-order chi connectivity index (χ1) is 11.0. The highest BCUT2D eigenvalue weighted by molar-refractivity contribution is 5.96. The molecule has 3 rings (SSSR count). The van der Waals surface area contributed by atoms with Crippen LogP contribution in [0.15, 0.2) is 30.3 Å². The summed E-state index contributed by atoms with van der Waals surface area (Å²) in [6, 6.07) is 10.3. The summed E-state index contributed by atoms with van der Waals surface area (Å²) < 4.78 is 7.87. The van der Waals surface area contributed by atoms with E-state index in [4.69, 9.17) is 4.74 Å². The molecule has 0 aliphatic carbocycles. The fourth-order valence-corrected chi connectivity index (χ4v) is 3.53. The maximum Gasteiger partial charge on any atom is 0.253 e. The lowest BCUT2D eigenvalue weighted by atomic mass is 10.00. The van der Waals surface area contributed by atoms with Crippen molar-refractivity contribution >= 4 is 5.91 Å². The van der Waals surface area contributed by atoms with Gasteiger partial charge in [-0.3, -0.25) is 4.79 Å². The van der Waals surface area contributed by atoms with Gasteiger partial charge in [0.25, 0.3) is 5.91 Å². The highest BCUT2D eigenvalue weighted by Crippen LogP contribution is 2.32. The van der Waals surface area contributed by atoms with E-state index in [1.165, 1.54) is 0 Å². The van der Waals surface area contributed by atoms with E-state index in [2.05, 4.69) is 23.7 Å². The molecule has 1 atom stereocenters. The van der Waals surface area contributed by atoms with Crippen LogP contribution in [0, 0.1) is 13.8 Å². The van der Waals surface area contributed by atoms with Gasteiger partial charge in [0.1, 0.15) is 5.75 Å². The highest BCUT2D eigenvalue weighted by Gasteiger charge is 2.25. The summed E-state index contributed by atoms with van der Waals surface area (Å²) in [6.07, 6.45) is 0.797. The molecule has 2 heterocycles. The minimum Gasteiger partial charge on any atom is -0.493 e. The number of aryl methyl sites for hydroxylation is 1. The summed E-state index contributed by atoms with van der Waals surface area (Å²) in [5.41, 5.74) is 3.97. The maximum absolute atomic E-state index is 12.8. The molecule has 2 aromatic rings. The number of ether oxygens (including phenoxy) is 1. The Kier molecular flexibility index (Phi) is 4.16. The molecule has 4 heteroatoms. The number of para-hydroxylation sites is 1. The van der Waals surface area contributed by atoms with E-state index >= 15 is 0 Å². The summed E-state index contributed by atoms with van der Waals surface area (Å²) in [5, 5.41) is 3.18. The zero-order valence-electron chi connectivity index (χ0n) is 14.2.